The SMILES string of the molecule is CC(C)C1CCC(NC2CCC2)(C(=O)O)CC1. The average molecular weight is 239 g/mol. The molecule has 0 saturated heterocycles. The standard InChI is InChI=1S/C14H25NO2/c1-10(2)11-6-8-14(9-7-11,13(16)17)15-12-4-3-5-12/h10-12,15H,3-9H2,1-2H3,(H,16,17). The molecule has 0 unspecified atom stereocenters. The van der Waals surface area contributed by atoms with Crippen molar-refractivity contribution in [1.29, 1.82) is 0 Å². The average Bonchev–Trinajstić information content (AvgIpc) is 2.24. The minimum absolute atomic E-state index is 0.460. The zero-order chi connectivity index (χ0) is 12.5. The van der Waals surface area contributed by atoms with Crippen LogP contribution in [0.25, 0.3) is 0 Å². The largest absolute Gasteiger partial charge is 0.480 e. The van der Waals surface area contributed by atoms with Crippen molar-refractivity contribution in [3.63, 3.8) is 0 Å². The van der Waals surface area contributed by atoms with Gasteiger partial charge < -0.3 is 5.11 Å². The molecule has 0 amide bonds. The molecule has 0 atom stereocenters. The molecule has 2 aliphatic rings. The molecule has 2 N–H and O–H groups in total. The summed E-state index contributed by atoms with van der Waals surface area (Å²) in [6.07, 6.45) is 7.30. The molecule has 17 heavy (non-hydrogen) atoms. The van der Waals surface area contributed by atoms with Crippen LogP contribution in [-0.4, -0.2) is 22.7 Å². The van der Waals surface area contributed by atoms with Gasteiger partial charge in [-0.05, 0) is 50.4 Å². The van der Waals surface area contributed by atoms with Crippen molar-refractivity contribution in [2.75, 3.05) is 0 Å². The van der Waals surface area contributed by atoms with Crippen LogP contribution < -0.4 is 5.32 Å². The Morgan fingerprint density at radius 2 is 1.82 bits per heavy atom. The quantitative estimate of drug-likeness (QED) is 0.793. The van der Waals surface area contributed by atoms with E-state index in [0.717, 1.165) is 38.5 Å². The lowest BCUT2D eigenvalue weighted by molar-refractivity contribution is -0.147. The number of hydrogen-bond acceptors (Lipinski definition) is 2. The van der Waals surface area contributed by atoms with Crippen LogP contribution in [0.1, 0.15) is 58.8 Å². The normalized spacial score (nSPS) is 34.6. The molecule has 0 spiro atoms. The van der Waals surface area contributed by atoms with Crippen molar-refractivity contribution in [2.45, 2.75) is 70.4 Å². The van der Waals surface area contributed by atoms with E-state index in [9.17, 15) is 9.90 Å². The summed E-state index contributed by atoms with van der Waals surface area (Å²) < 4.78 is 0. The van der Waals surface area contributed by atoms with E-state index in [2.05, 4.69) is 19.2 Å². The monoisotopic (exact) mass is 239 g/mol. The molecule has 2 saturated carbocycles. The maximum Gasteiger partial charge on any atom is 0.323 e. The highest BCUT2D eigenvalue weighted by atomic mass is 16.4. The third-order valence-electron chi connectivity index (χ3n) is 4.82. The van der Waals surface area contributed by atoms with Gasteiger partial charge in [0, 0.05) is 6.04 Å². The lowest BCUT2D eigenvalue weighted by atomic mass is 9.72. The smallest absolute Gasteiger partial charge is 0.323 e. The number of aliphatic carboxylic acids is 1. The van der Waals surface area contributed by atoms with Crippen molar-refractivity contribution in [3.05, 3.63) is 0 Å². The fourth-order valence-corrected chi connectivity index (χ4v) is 3.16. The first-order valence-electron chi connectivity index (χ1n) is 7.04. The molecular weight excluding hydrogens is 214 g/mol. The van der Waals surface area contributed by atoms with Crippen LogP contribution in [0.2, 0.25) is 0 Å². The number of nitrogens with one attached hydrogen (secondary N) is 1. The molecule has 0 aliphatic heterocycles. The van der Waals surface area contributed by atoms with Crippen LogP contribution in [0.3, 0.4) is 0 Å². The van der Waals surface area contributed by atoms with E-state index in [1.165, 1.54) is 6.42 Å². The van der Waals surface area contributed by atoms with E-state index < -0.39 is 11.5 Å². The number of hydrogen-bond donors (Lipinski definition) is 2. The molecule has 98 valence electrons. The maximum absolute atomic E-state index is 11.6. The predicted molar refractivity (Wildman–Crippen MR) is 67.9 cm³/mol. The van der Waals surface area contributed by atoms with Gasteiger partial charge in [0.25, 0.3) is 0 Å². The highest BCUT2D eigenvalue weighted by molar-refractivity contribution is 5.79. The number of carboxylic acid groups (broad SMARTS) is 1. The van der Waals surface area contributed by atoms with E-state index in [0.29, 0.717) is 17.9 Å². The van der Waals surface area contributed by atoms with Gasteiger partial charge in [-0.3, -0.25) is 10.1 Å². The Bertz CT molecular complexity index is 276. The second-order valence-electron chi connectivity index (χ2n) is 6.24. The first-order valence-corrected chi connectivity index (χ1v) is 7.04. The third-order valence-corrected chi connectivity index (χ3v) is 4.82. The zero-order valence-corrected chi connectivity index (χ0v) is 11.0. The van der Waals surface area contributed by atoms with Gasteiger partial charge >= 0.3 is 5.97 Å². The van der Waals surface area contributed by atoms with E-state index in [1.54, 1.807) is 0 Å². The van der Waals surface area contributed by atoms with Gasteiger partial charge in [-0.15, -0.1) is 0 Å². The van der Waals surface area contributed by atoms with Gasteiger partial charge in [-0.1, -0.05) is 20.3 Å². The molecule has 0 heterocycles. The molecule has 3 heteroatoms. The molecular formula is C14H25NO2. The third kappa shape index (κ3) is 2.65. The molecule has 2 rings (SSSR count). The summed E-state index contributed by atoms with van der Waals surface area (Å²) in [6.45, 7) is 4.50. The number of carbonyl (C=O) groups is 1. The van der Waals surface area contributed by atoms with Crippen molar-refractivity contribution >= 4 is 5.97 Å². The molecule has 2 fully saturated rings. The molecule has 3 nitrogen and oxygen atoms in total. The molecule has 0 aromatic heterocycles. The van der Waals surface area contributed by atoms with Crippen molar-refractivity contribution in [1.82, 2.24) is 5.32 Å². The summed E-state index contributed by atoms with van der Waals surface area (Å²) in [4.78, 5) is 11.6. The minimum atomic E-state index is -0.633. The van der Waals surface area contributed by atoms with Gasteiger partial charge in [0.15, 0.2) is 0 Å². The lowest BCUT2D eigenvalue weighted by Gasteiger charge is -2.43. The van der Waals surface area contributed by atoms with E-state index in [4.69, 9.17) is 0 Å². The minimum Gasteiger partial charge on any atom is -0.480 e. The molecule has 0 aromatic carbocycles. The van der Waals surface area contributed by atoms with Crippen LogP contribution in [0.4, 0.5) is 0 Å². The second kappa shape index (κ2) is 4.97. The number of carboxylic acids is 1. The first-order chi connectivity index (χ1) is 8.03. The van der Waals surface area contributed by atoms with Crippen LogP contribution in [-0.2, 0) is 4.79 Å². The van der Waals surface area contributed by atoms with E-state index in [1.807, 2.05) is 0 Å². The summed E-state index contributed by atoms with van der Waals surface area (Å²) in [7, 11) is 0. The van der Waals surface area contributed by atoms with Crippen LogP contribution in [0.15, 0.2) is 0 Å². The highest BCUT2D eigenvalue weighted by Crippen LogP contribution is 2.37. The summed E-state index contributed by atoms with van der Waals surface area (Å²) in [6, 6.07) is 0.460. The first kappa shape index (κ1) is 12.9. The molecule has 2 aliphatic carbocycles. The Morgan fingerprint density at radius 3 is 2.18 bits per heavy atom. The maximum atomic E-state index is 11.6. The Labute approximate surface area is 104 Å². The fourth-order valence-electron chi connectivity index (χ4n) is 3.16. The second-order valence-corrected chi connectivity index (χ2v) is 6.24. The Balaban J connectivity index is 1.96. The van der Waals surface area contributed by atoms with Gasteiger partial charge in [-0.25, -0.2) is 0 Å². The Kier molecular flexibility index (Phi) is 3.76. The lowest BCUT2D eigenvalue weighted by Crippen LogP contribution is -2.59. The van der Waals surface area contributed by atoms with Crippen LogP contribution >= 0.6 is 0 Å². The summed E-state index contributed by atoms with van der Waals surface area (Å²) in [5.74, 6) is 0.766. The summed E-state index contributed by atoms with van der Waals surface area (Å²) >= 11 is 0. The predicted octanol–water partition coefficient (Wildman–Crippen LogP) is 2.80. The Morgan fingerprint density at radius 1 is 1.24 bits per heavy atom. The van der Waals surface area contributed by atoms with Crippen molar-refractivity contribution in [3.8, 4) is 0 Å². The Hall–Kier alpha value is -0.570. The van der Waals surface area contributed by atoms with Gasteiger partial charge in [-0.2, -0.15) is 0 Å². The van der Waals surface area contributed by atoms with Gasteiger partial charge in [0.2, 0.25) is 0 Å². The highest BCUT2D eigenvalue weighted by Gasteiger charge is 2.44. The molecule has 0 aromatic rings. The molecule has 0 radical (unpaired) electrons. The van der Waals surface area contributed by atoms with Crippen molar-refractivity contribution < 1.29 is 9.90 Å². The van der Waals surface area contributed by atoms with E-state index >= 15 is 0 Å². The number of rotatable bonds is 4. The van der Waals surface area contributed by atoms with Crippen LogP contribution in [0.5, 0.6) is 0 Å². The van der Waals surface area contributed by atoms with Gasteiger partial charge in [0.05, 0.1) is 0 Å². The summed E-state index contributed by atoms with van der Waals surface area (Å²) in [5.41, 5.74) is -0.615. The van der Waals surface area contributed by atoms with Crippen molar-refractivity contribution in [2.24, 2.45) is 11.8 Å². The topological polar surface area (TPSA) is 49.3 Å². The van der Waals surface area contributed by atoms with Gasteiger partial charge in [0.1, 0.15) is 5.54 Å². The summed E-state index contributed by atoms with van der Waals surface area (Å²) in [5, 5.41) is 12.9. The van der Waals surface area contributed by atoms with E-state index in [-0.39, 0.29) is 0 Å². The molecule has 0 bridgehead atoms. The fraction of sp³-hybridized carbons (Fsp3) is 0.929. The van der Waals surface area contributed by atoms with Crippen LogP contribution in [0, 0.1) is 11.8 Å². The zero-order valence-electron chi connectivity index (χ0n) is 11.0.